The van der Waals surface area contributed by atoms with Gasteiger partial charge in [0.15, 0.2) is 5.43 Å². The van der Waals surface area contributed by atoms with Gasteiger partial charge in [0.2, 0.25) is 5.91 Å². The summed E-state index contributed by atoms with van der Waals surface area (Å²) in [7, 11) is 0. The maximum Gasteiger partial charge on any atom is 0.240 e. The number of benzene rings is 1. The molecule has 0 saturated heterocycles. The van der Waals surface area contributed by atoms with Gasteiger partial charge in [0, 0.05) is 42.0 Å². The highest BCUT2D eigenvalue weighted by Gasteiger charge is 2.35. The van der Waals surface area contributed by atoms with Crippen LogP contribution in [-0.4, -0.2) is 32.7 Å². The fourth-order valence-corrected chi connectivity index (χ4v) is 3.84. The Morgan fingerprint density at radius 3 is 2.71 bits per heavy atom. The normalized spacial score (nSPS) is 19.8. The average Bonchev–Trinajstić information content (AvgIpc) is 2.68. The molecular formula is C22H23N3O3. The number of aliphatic hydroxyl groups is 1. The molecule has 1 aliphatic carbocycles. The smallest absolute Gasteiger partial charge is 0.240 e. The first-order chi connectivity index (χ1) is 13.6. The van der Waals surface area contributed by atoms with Crippen LogP contribution >= 0.6 is 0 Å². The Morgan fingerprint density at radius 2 is 1.96 bits per heavy atom. The van der Waals surface area contributed by atoms with E-state index >= 15 is 0 Å². The van der Waals surface area contributed by atoms with Gasteiger partial charge >= 0.3 is 0 Å². The number of rotatable bonds is 6. The zero-order chi connectivity index (χ0) is 19.5. The lowest BCUT2D eigenvalue weighted by Gasteiger charge is -2.38. The summed E-state index contributed by atoms with van der Waals surface area (Å²) in [5.41, 5.74) is 1.61. The second-order valence-corrected chi connectivity index (χ2v) is 7.41. The number of aromatic nitrogens is 2. The van der Waals surface area contributed by atoms with Crippen LogP contribution in [0, 0.1) is 5.92 Å². The molecule has 2 aromatic heterocycles. The molecule has 0 bridgehead atoms. The van der Waals surface area contributed by atoms with Crippen molar-refractivity contribution in [3.8, 4) is 0 Å². The third-order valence-electron chi connectivity index (χ3n) is 5.42. The van der Waals surface area contributed by atoms with Crippen molar-refractivity contribution in [2.24, 2.45) is 5.92 Å². The van der Waals surface area contributed by atoms with E-state index in [1.165, 1.54) is 6.07 Å². The second kappa shape index (κ2) is 7.94. The molecule has 1 aromatic carbocycles. The lowest BCUT2D eigenvalue weighted by molar-refractivity contribution is -0.123. The molecule has 28 heavy (non-hydrogen) atoms. The van der Waals surface area contributed by atoms with Crippen LogP contribution in [0.4, 0.5) is 0 Å². The number of pyridine rings is 2. The molecule has 3 aromatic rings. The number of nitrogens with one attached hydrogen (secondary N) is 1. The lowest BCUT2D eigenvalue weighted by Crippen LogP contribution is -2.49. The Kier molecular flexibility index (Phi) is 5.21. The summed E-state index contributed by atoms with van der Waals surface area (Å²) < 4.78 is 1.79. The third-order valence-corrected chi connectivity index (χ3v) is 5.42. The van der Waals surface area contributed by atoms with Crippen LogP contribution in [0.2, 0.25) is 0 Å². The molecule has 0 spiro atoms. The van der Waals surface area contributed by atoms with E-state index in [4.69, 9.17) is 0 Å². The van der Waals surface area contributed by atoms with Crippen LogP contribution in [-0.2, 0) is 17.8 Å². The van der Waals surface area contributed by atoms with Gasteiger partial charge in [-0.25, -0.2) is 0 Å². The molecular weight excluding hydrogens is 354 g/mol. The van der Waals surface area contributed by atoms with Crippen molar-refractivity contribution < 1.29 is 9.90 Å². The van der Waals surface area contributed by atoms with Gasteiger partial charge < -0.3 is 15.0 Å². The number of hydrogen-bond acceptors (Lipinski definition) is 4. The minimum Gasteiger partial charge on any atom is -0.393 e. The number of hydrogen-bond donors (Lipinski definition) is 2. The molecule has 1 fully saturated rings. The van der Waals surface area contributed by atoms with Crippen LogP contribution in [0.15, 0.2) is 65.7 Å². The van der Waals surface area contributed by atoms with Gasteiger partial charge in [-0.05, 0) is 43.0 Å². The largest absolute Gasteiger partial charge is 0.393 e. The molecule has 2 heterocycles. The number of amides is 1. The zero-order valence-electron chi connectivity index (χ0n) is 15.5. The minimum absolute atomic E-state index is 0.0521. The zero-order valence-corrected chi connectivity index (χ0v) is 15.5. The summed E-state index contributed by atoms with van der Waals surface area (Å²) in [6.45, 7) is 0.134. The number of carbonyl (C=O) groups is 1. The molecule has 1 aliphatic rings. The Balaban J connectivity index is 1.50. The minimum atomic E-state index is -0.281. The maximum absolute atomic E-state index is 12.8. The van der Waals surface area contributed by atoms with Gasteiger partial charge in [0.25, 0.3) is 0 Å². The molecule has 144 valence electrons. The van der Waals surface area contributed by atoms with Crippen LogP contribution in [0.1, 0.15) is 18.5 Å². The first-order valence-electron chi connectivity index (χ1n) is 9.55. The van der Waals surface area contributed by atoms with Gasteiger partial charge in [-0.2, -0.15) is 0 Å². The van der Waals surface area contributed by atoms with E-state index in [1.54, 1.807) is 23.0 Å². The van der Waals surface area contributed by atoms with Crippen molar-refractivity contribution in [3.63, 3.8) is 0 Å². The number of carbonyl (C=O) groups excluding carboxylic acids is 1. The van der Waals surface area contributed by atoms with Gasteiger partial charge in [0.1, 0.15) is 6.54 Å². The first kappa shape index (κ1) is 18.4. The van der Waals surface area contributed by atoms with Crippen molar-refractivity contribution in [2.75, 3.05) is 0 Å². The van der Waals surface area contributed by atoms with E-state index in [9.17, 15) is 14.7 Å². The van der Waals surface area contributed by atoms with Crippen molar-refractivity contribution in [2.45, 2.75) is 38.0 Å². The van der Waals surface area contributed by atoms with E-state index in [0.717, 1.165) is 11.2 Å². The predicted molar refractivity (Wildman–Crippen MR) is 107 cm³/mol. The first-order valence-corrected chi connectivity index (χ1v) is 9.55. The molecule has 1 saturated carbocycles. The topological polar surface area (TPSA) is 84.2 Å². The van der Waals surface area contributed by atoms with Gasteiger partial charge in [-0.3, -0.25) is 14.6 Å². The van der Waals surface area contributed by atoms with Crippen molar-refractivity contribution in [3.05, 3.63) is 76.8 Å². The van der Waals surface area contributed by atoms with Crippen molar-refractivity contribution >= 4 is 16.8 Å². The summed E-state index contributed by atoms with van der Waals surface area (Å²) in [5, 5.41) is 13.4. The summed E-state index contributed by atoms with van der Waals surface area (Å²) in [6.07, 6.45) is 5.14. The van der Waals surface area contributed by atoms with E-state index in [1.807, 2.05) is 36.4 Å². The van der Waals surface area contributed by atoms with Crippen LogP contribution in [0.5, 0.6) is 0 Å². The summed E-state index contributed by atoms with van der Waals surface area (Å²) in [4.78, 5) is 29.2. The van der Waals surface area contributed by atoms with E-state index in [2.05, 4.69) is 10.3 Å². The standard InChI is InChI=1S/C22H23N3O3/c26-17-11-15(12-17)19(13-16-5-3-4-9-23-16)24-22(28)14-25-10-8-21(27)18-6-1-2-7-20(18)25/h1-10,15,17,19,26H,11-14H2,(H,24,28). The molecule has 0 aliphatic heterocycles. The Bertz CT molecular complexity index is 1030. The van der Waals surface area contributed by atoms with Gasteiger partial charge in [0.05, 0.1) is 11.6 Å². The second-order valence-electron chi connectivity index (χ2n) is 7.41. The van der Waals surface area contributed by atoms with Crippen molar-refractivity contribution in [1.82, 2.24) is 14.9 Å². The number of nitrogens with zero attached hydrogens (tertiary/aromatic N) is 2. The average molecular weight is 377 g/mol. The molecule has 2 N–H and O–H groups in total. The summed E-state index contributed by atoms with van der Waals surface area (Å²) in [5.74, 6) is 0.128. The monoisotopic (exact) mass is 377 g/mol. The van der Waals surface area contributed by atoms with E-state index in [0.29, 0.717) is 24.6 Å². The van der Waals surface area contributed by atoms with Crippen LogP contribution in [0.25, 0.3) is 10.9 Å². The van der Waals surface area contributed by atoms with Crippen LogP contribution < -0.4 is 10.7 Å². The predicted octanol–water partition coefficient (Wildman–Crippen LogP) is 1.89. The van der Waals surface area contributed by atoms with E-state index in [-0.39, 0.29) is 35.9 Å². The fraction of sp³-hybridized carbons (Fsp3) is 0.318. The molecule has 1 unspecified atom stereocenters. The number of para-hydroxylation sites is 1. The maximum atomic E-state index is 12.8. The van der Waals surface area contributed by atoms with Crippen molar-refractivity contribution in [1.29, 1.82) is 0 Å². The SMILES string of the molecule is O=C(Cn1ccc(=O)c2ccccc21)NC(Cc1ccccn1)C1CC(O)C1. The Labute approximate surface area is 162 Å². The molecule has 4 rings (SSSR count). The Hall–Kier alpha value is -2.99. The van der Waals surface area contributed by atoms with Crippen LogP contribution in [0.3, 0.4) is 0 Å². The fourth-order valence-electron chi connectivity index (χ4n) is 3.84. The molecule has 1 amide bonds. The lowest BCUT2D eigenvalue weighted by atomic mass is 9.76. The summed E-state index contributed by atoms with van der Waals surface area (Å²) in [6, 6.07) is 14.5. The number of aliphatic hydroxyl groups excluding tert-OH is 1. The van der Waals surface area contributed by atoms with E-state index < -0.39 is 0 Å². The summed E-state index contributed by atoms with van der Waals surface area (Å²) >= 11 is 0. The highest BCUT2D eigenvalue weighted by Crippen LogP contribution is 2.31. The molecule has 0 radical (unpaired) electrons. The highest BCUT2D eigenvalue weighted by atomic mass is 16.3. The Morgan fingerprint density at radius 1 is 1.18 bits per heavy atom. The molecule has 1 atom stereocenters. The number of fused-ring (bicyclic) bond motifs is 1. The van der Waals surface area contributed by atoms with Gasteiger partial charge in [-0.1, -0.05) is 18.2 Å². The highest BCUT2D eigenvalue weighted by molar-refractivity contribution is 5.82. The van der Waals surface area contributed by atoms with Gasteiger partial charge in [-0.15, -0.1) is 0 Å². The molecule has 6 heteroatoms. The molecule has 6 nitrogen and oxygen atoms in total. The quantitative estimate of drug-likeness (QED) is 0.687. The third kappa shape index (κ3) is 3.97.